The second-order valence-corrected chi connectivity index (χ2v) is 6.50. The first-order valence-corrected chi connectivity index (χ1v) is 8.86. The Labute approximate surface area is 166 Å². The van der Waals surface area contributed by atoms with Gasteiger partial charge in [-0.05, 0) is 30.3 Å². The quantitative estimate of drug-likeness (QED) is 0.576. The molecule has 0 heterocycles. The Morgan fingerprint density at radius 3 is 2.33 bits per heavy atom. The Kier molecular flexibility index (Phi) is 6.12. The summed E-state index contributed by atoms with van der Waals surface area (Å²) in [4.78, 5) is 25.0. The van der Waals surface area contributed by atoms with Gasteiger partial charge in [0.1, 0.15) is 5.75 Å². The lowest BCUT2D eigenvalue weighted by Crippen LogP contribution is -2.21. The fourth-order valence-electron chi connectivity index (χ4n) is 2.45. The number of amides is 1. The molecule has 0 aliphatic rings. The maximum atomic E-state index is 12.8. The SMILES string of the molecule is O=C(COc1ccccc1Cl)Nc1ccc(Cl)cc1C(=O)c1ccccc1. The van der Waals surface area contributed by atoms with Crippen molar-refractivity contribution < 1.29 is 14.3 Å². The average Bonchev–Trinajstić information content (AvgIpc) is 2.69. The topological polar surface area (TPSA) is 55.4 Å². The van der Waals surface area contributed by atoms with Crippen LogP contribution in [-0.2, 0) is 4.79 Å². The summed E-state index contributed by atoms with van der Waals surface area (Å²) < 4.78 is 5.42. The van der Waals surface area contributed by atoms with Crippen LogP contribution in [0.4, 0.5) is 5.69 Å². The van der Waals surface area contributed by atoms with Crippen molar-refractivity contribution >= 4 is 40.6 Å². The number of carbonyl (C=O) groups is 2. The summed E-state index contributed by atoms with van der Waals surface area (Å²) >= 11 is 12.0. The second-order valence-electron chi connectivity index (χ2n) is 5.65. The molecule has 0 saturated carbocycles. The van der Waals surface area contributed by atoms with E-state index in [1.54, 1.807) is 60.7 Å². The predicted octanol–water partition coefficient (Wildman–Crippen LogP) is 5.24. The van der Waals surface area contributed by atoms with Crippen molar-refractivity contribution in [2.45, 2.75) is 0 Å². The van der Waals surface area contributed by atoms with E-state index in [2.05, 4.69) is 5.32 Å². The summed E-state index contributed by atoms with van der Waals surface area (Å²) in [6.07, 6.45) is 0. The summed E-state index contributed by atoms with van der Waals surface area (Å²) in [5, 5.41) is 3.51. The van der Waals surface area contributed by atoms with Gasteiger partial charge < -0.3 is 10.1 Å². The van der Waals surface area contributed by atoms with E-state index in [4.69, 9.17) is 27.9 Å². The summed E-state index contributed by atoms with van der Waals surface area (Å²) in [7, 11) is 0. The molecule has 0 saturated heterocycles. The molecule has 3 aromatic carbocycles. The number of benzene rings is 3. The number of ketones is 1. The maximum Gasteiger partial charge on any atom is 0.262 e. The van der Waals surface area contributed by atoms with E-state index in [1.165, 1.54) is 6.07 Å². The molecule has 3 rings (SSSR count). The second kappa shape index (κ2) is 8.71. The van der Waals surface area contributed by atoms with Crippen molar-refractivity contribution in [1.29, 1.82) is 0 Å². The summed E-state index contributed by atoms with van der Waals surface area (Å²) in [5.41, 5.74) is 1.17. The molecule has 0 aliphatic heterocycles. The van der Waals surface area contributed by atoms with Crippen molar-refractivity contribution in [2.24, 2.45) is 0 Å². The molecule has 0 bridgehead atoms. The van der Waals surface area contributed by atoms with E-state index in [0.29, 0.717) is 32.6 Å². The molecule has 0 atom stereocenters. The Morgan fingerprint density at radius 1 is 0.889 bits per heavy atom. The van der Waals surface area contributed by atoms with E-state index in [-0.39, 0.29) is 12.4 Å². The first-order valence-electron chi connectivity index (χ1n) is 8.11. The molecule has 4 nitrogen and oxygen atoms in total. The third-order valence-electron chi connectivity index (χ3n) is 3.73. The van der Waals surface area contributed by atoms with Gasteiger partial charge in [0.2, 0.25) is 0 Å². The molecular weight excluding hydrogens is 385 g/mol. The molecule has 0 unspecified atom stereocenters. The van der Waals surface area contributed by atoms with Crippen LogP contribution in [0, 0.1) is 0 Å². The van der Waals surface area contributed by atoms with Crippen molar-refractivity contribution in [3.8, 4) is 5.75 Å². The molecule has 3 aromatic rings. The molecule has 0 radical (unpaired) electrons. The van der Waals surface area contributed by atoms with Gasteiger partial charge in [0, 0.05) is 16.1 Å². The van der Waals surface area contributed by atoms with Crippen LogP contribution in [0.5, 0.6) is 5.75 Å². The van der Waals surface area contributed by atoms with Crippen molar-refractivity contribution in [2.75, 3.05) is 11.9 Å². The number of rotatable bonds is 6. The number of hydrogen-bond acceptors (Lipinski definition) is 3. The van der Waals surface area contributed by atoms with Gasteiger partial charge in [-0.25, -0.2) is 0 Å². The minimum atomic E-state index is -0.417. The molecule has 0 spiro atoms. The number of ether oxygens (including phenoxy) is 1. The third-order valence-corrected chi connectivity index (χ3v) is 4.28. The smallest absolute Gasteiger partial charge is 0.262 e. The first kappa shape index (κ1) is 19.0. The van der Waals surface area contributed by atoms with Crippen LogP contribution in [-0.4, -0.2) is 18.3 Å². The van der Waals surface area contributed by atoms with Crippen LogP contribution in [0.2, 0.25) is 10.0 Å². The first-order chi connectivity index (χ1) is 13.0. The zero-order valence-electron chi connectivity index (χ0n) is 14.1. The molecule has 6 heteroatoms. The van der Waals surface area contributed by atoms with E-state index >= 15 is 0 Å². The standard InChI is InChI=1S/C21H15Cl2NO3/c22-15-10-11-18(16(12-15)21(26)14-6-2-1-3-7-14)24-20(25)13-27-19-9-5-4-8-17(19)23/h1-12H,13H2,(H,24,25). The Hall–Kier alpha value is -2.82. The van der Waals surface area contributed by atoms with Crippen LogP contribution in [0.25, 0.3) is 0 Å². The highest BCUT2D eigenvalue weighted by Crippen LogP contribution is 2.25. The van der Waals surface area contributed by atoms with Crippen molar-refractivity contribution in [1.82, 2.24) is 0 Å². The van der Waals surface area contributed by atoms with Crippen LogP contribution in [0.3, 0.4) is 0 Å². The van der Waals surface area contributed by atoms with E-state index in [9.17, 15) is 9.59 Å². The number of hydrogen-bond donors (Lipinski definition) is 1. The Balaban J connectivity index is 1.76. The molecular formula is C21H15Cl2NO3. The van der Waals surface area contributed by atoms with Gasteiger partial charge in [-0.15, -0.1) is 0 Å². The maximum absolute atomic E-state index is 12.8. The van der Waals surface area contributed by atoms with Crippen LogP contribution < -0.4 is 10.1 Å². The lowest BCUT2D eigenvalue weighted by atomic mass is 10.0. The Bertz CT molecular complexity index is 974. The molecule has 0 aliphatic carbocycles. The molecule has 1 N–H and O–H groups in total. The normalized spacial score (nSPS) is 10.3. The molecule has 1 amide bonds. The number of nitrogens with one attached hydrogen (secondary N) is 1. The largest absolute Gasteiger partial charge is 0.482 e. The molecule has 0 fully saturated rings. The van der Waals surface area contributed by atoms with Crippen LogP contribution in [0.15, 0.2) is 72.8 Å². The minimum absolute atomic E-state index is 0.236. The molecule has 136 valence electrons. The van der Waals surface area contributed by atoms with Gasteiger partial charge in [0.15, 0.2) is 12.4 Å². The lowest BCUT2D eigenvalue weighted by molar-refractivity contribution is -0.118. The highest BCUT2D eigenvalue weighted by Gasteiger charge is 2.16. The summed E-state index contributed by atoms with van der Waals surface area (Å²) in [5.74, 6) is -0.245. The van der Waals surface area contributed by atoms with Gasteiger partial charge in [0.25, 0.3) is 5.91 Å². The molecule has 0 aromatic heterocycles. The van der Waals surface area contributed by atoms with Gasteiger partial charge in [-0.1, -0.05) is 65.7 Å². The lowest BCUT2D eigenvalue weighted by Gasteiger charge is -2.12. The highest BCUT2D eigenvalue weighted by atomic mass is 35.5. The van der Waals surface area contributed by atoms with Crippen LogP contribution >= 0.6 is 23.2 Å². The van der Waals surface area contributed by atoms with Gasteiger partial charge in [-0.3, -0.25) is 9.59 Å². The summed E-state index contributed by atoms with van der Waals surface area (Å²) in [6, 6.07) is 20.4. The average molecular weight is 400 g/mol. The van der Waals surface area contributed by atoms with E-state index in [1.807, 2.05) is 6.07 Å². The predicted molar refractivity (Wildman–Crippen MR) is 107 cm³/mol. The minimum Gasteiger partial charge on any atom is -0.482 e. The number of halogens is 2. The van der Waals surface area contributed by atoms with Gasteiger partial charge in [-0.2, -0.15) is 0 Å². The summed E-state index contributed by atoms with van der Waals surface area (Å²) in [6.45, 7) is -0.245. The fourth-order valence-corrected chi connectivity index (χ4v) is 2.81. The molecule has 27 heavy (non-hydrogen) atoms. The Morgan fingerprint density at radius 2 is 1.59 bits per heavy atom. The zero-order valence-corrected chi connectivity index (χ0v) is 15.6. The fraction of sp³-hybridized carbons (Fsp3) is 0.0476. The van der Waals surface area contributed by atoms with Gasteiger partial charge >= 0.3 is 0 Å². The third kappa shape index (κ3) is 4.88. The van der Waals surface area contributed by atoms with Gasteiger partial charge in [0.05, 0.1) is 10.7 Å². The van der Waals surface area contributed by atoms with Crippen molar-refractivity contribution in [3.05, 3.63) is 94.0 Å². The highest BCUT2D eigenvalue weighted by molar-refractivity contribution is 6.32. The number of para-hydroxylation sites is 1. The van der Waals surface area contributed by atoms with Crippen LogP contribution in [0.1, 0.15) is 15.9 Å². The number of anilines is 1. The van der Waals surface area contributed by atoms with E-state index in [0.717, 1.165) is 0 Å². The number of carbonyl (C=O) groups excluding carboxylic acids is 2. The van der Waals surface area contributed by atoms with E-state index < -0.39 is 5.91 Å². The monoisotopic (exact) mass is 399 g/mol. The zero-order chi connectivity index (χ0) is 19.2. The van der Waals surface area contributed by atoms with Crippen molar-refractivity contribution in [3.63, 3.8) is 0 Å².